The minimum absolute atomic E-state index is 0.0574. The Hall–Kier alpha value is -0.530. The Balaban J connectivity index is 1.92. The molecule has 0 aromatic heterocycles. The van der Waals surface area contributed by atoms with Crippen molar-refractivity contribution in [2.45, 2.75) is 59.0 Å². The fourth-order valence-corrected chi connectivity index (χ4v) is 4.91. The zero-order valence-corrected chi connectivity index (χ0v) is 11.2. The van der Waals surface area contributed by atoms with Gasteiger partial charge in [0, 0.05) is 11.8 Å². The molecule has 3 aliphatic rings. The van der Waals surface area contributed by atoms with Crippen molar-refractivity contribution in [2.75, 3.05) is 0 Å². The van der Waals surface area contributed by atoms with E-state index in [4.69, 9.17) is 4.74 Å². The molecule has 0 bridgehead atoms. The number of ether oxygens (including phenoxy) is 1. The van der Waals surface area contributed by atoms with E-state index in [-0.39, 0.29) is 18.0 Å². The number of carbonyl (C=O) groups excluding carboxylic acids is 1. The Morgan fingerprint density at radius 1 is 1.24 bits per heavy atom. The highest BCUT2D eigenvalue weighted by atomic mass is 16.6. The molecule has 2 nitrogen and oxygen atoms in total. The Morgan fingerprint density at radius 3 is 2.76 bits per heavy atom. The summed E-state index contributed by atoms with van der Waals surface area (Å²) in [6.07, 6.45) is 6.72. The lowest BCUT2D eigenvalue weighted by Crippen LogP contribution is -2.49. The van der Waals surface area contributed by atoms with Gasteiger partial charge in [-0.05, 0) is 30.6 Å². The molecule has 3 rings (SSSR count). The van der Waals surface area contributed by atoms with Crippen LogP contribution in [0, 0.1) is 29.1 Å². The summed E-state index contributed by atoms with van der Waals surface area (Å²) in [5.41, 5.74) is 0.434. The van der Waals surface area contributed by atoms with E-state index >= 15 is 0 Å². The minimum Gasteiger partial charge on any atom is -0.462 e. The lowest BCUT2D eigenvalue weighted by molar-refractivity contribution is -0.152. The molecular formula is C15H24O2. The molecule has 2 saturated carbocycles. The van der Waals surface area contributed by atoms with Gasteiger partial charge in [0.2, 0.25) is 0 Å². The number of rotatable bonds is 0. The van der Waals surface area contributed by atoms with Crippen molar-refractivity contribution >= 4 is 5.97 Å². The van der Waals surface area contributed by atoms with Crippen LogP contribution in [-0.2, 0) is 9.53 Å². The van der Waals surface area contributed by atoms with Crippen LogP contribution in [0.5, 0.6) is 0 Å². The van der Waals surface area contributed by atoms with Gasteiger partial charge < -0.3 is 4.74 Å². The monoisotopic (exact) mass is 236 g/mol. The van der Waals surface area contributed by atoms with E-state index in [0.29, 0.717) is 17.3 Å². The fraction of sp³-hybridized carbons (Fsp3) is 0.933. The number of hydrogen-bond acceptors (Lipinski definition) is 2. The summed E-state index contributed by atoms with van der Waals surface area (Å²) in [6.45, 7) is 6.85. The van der Waals surface area contributed by atoms with Gasteiger partial charge in [-0.3, -0.25) is 4.79 Å². The van der Waals surface area contributed by atoms with Crippen LogP contribution in [-0.4, -0.2) is 12.1 Å². The van der Waals surface area contributed by atoms with Gasteiger partial charge in [0.15, 0.2) is 0 Å². The van der Waals surface area contributed by atoms with Gasteiger partial charge in [-0.25, -0.2) is 0 Å². The molecule has 1 heterocycles. The first-order valence-corrected chi connectivity index (χ1v) is 7.23. The quantitative estimate of drug-likeness (QED) is 0.603. The van der Waals surface area contributed by atoms with Gasteiger partial charge in [-0.2, -0.15) is 0 Å². The zero-order chi connectivity index (χ0) is 12.2. The fourth-order valence-electron chi connectivity index (χ4n) is 4.91. The summed E-state index contributed by atoms with van der Waals surface area (Å²) >= 11 is 0. The minimum atomic E-state index is 0.0574. The predicted octanol–water partition coefficient (Wildman–Crippen LogP) is 3.40. The second kappa shape index (κ2) is 3.73. The van der Waals surface area contributed by atoms with Crippen LogP contribution >= 0.6 is 0 Å². The van der Waals surface area contributed by atoms with Crippen LogP contribution in [0.25, 0.3) is 0 Å². The van der Waals surface area contributed by atoms with Crippen molar-refractivity contribution in [1.29, 1.82) is 0 Å². The molecule has 3 fully saturated rings. The number of hydrogen-bond donors (Lipinski definition) is 0. The molecule has 1 saturated heterocycles. The van der Waals surface area contributed by atoms with Crippen molar-refractivity contribution in [2.24, 2.45) is 29.1 Å². The second-order valence-corrected chi connectivity index (χ2v) is 6.94. The van der Waals surface area contributed by atoms with Crippen LogP contribution in [0.15, 0.2) is 0 Å². The van der Waals surface area contributed by atoms with E-state index in [2.05, 4.69) is 20.8 Å². The Morgan fingerprint density at radius 2 is 2.00 bits per heavy atom. The summed E-state index contributed by atoms with van der Waals surface area (Å²) in [7, 11) is 0. The first-order chi connectivity index (χ1) is 8.03. The molecular weight excluding hydrogens is 212 g/mol. The lowest BCUT2D eigenvalue weighted by atomic mass is 9.53. The van der Waals surface area contributed by atoms with Crippen molar-refractivity contribution in [3.8, 4) is 0 Å². The third kappa shape index (κ3) is 1.56. The first kappa shape index (κ1) is 11.6. The summed E-state index contributed by atoms with van der Waals surface area (Å²) in [5.74, 6) is 2.03. The highest BCUT2D eigenvalue weighted by Crippen LogP contribution is 2.57. The molecule has 6 atom stereocenters. The largest absolute Gasteiger partial charge is 0.462 e. The molecule has 2 aliphatic carbocycles. The van der Waals surface area contributed by atoms with Gasteiger partial charge in [0.1, 0.15) is 6.10 Å². The average Bonchev–Trinajstić information content (AvgIpc) is 2.54. The average molecular weight is 236 g/mol. The summed E-state index contributed by atoms with van der Waals surface area (Å²) in [6, 6.07) is 0. The first-order valence-electron chi connectivity index (χ1n) is 7.23. The smallest absolute Gasteiger partial charge is 0.309 e. The number of esters is 1. The molecule has 1 aliphatic heterocycles. The van der Waals surface area contributed by atoms with Gasteiger partial charge in [0.05, 0.1) is 5.92 Å². The highest BCUT2D eigenvalue weighted by Gasteiger charge is 2.56. The van der Waals surface area contributed by atoms with E-state index in [1.54, 1.807) is 0 Å². The Kier molecular flexibility index (Phi) is 2.53. The SMILES string of the molecule is C[C@@H]1CCC[C@]2(C)CC[C@@H]3[C@H](OC(=O)[C@H]3C)[C@@H]12. The molecule has 0 unspecified atom stereocenters. The normalized spacial score (nSPS) is 53.8. The van der Waals surface area contributed by atoms with Gasteiger partial charge in [-0.1, -0.05) is 33.6 Å². The molecule has 0 aromatic carbocycles. The van der Waals surface area contributed by atoms with Gasteiger partial charge >= 0.3 is 5.97 Å². The van der Waals surface area contributed by atoms with Crippen molar-refractivity contribution in [1.82, 2.24) is 0 Å². The van der Waals surface area contributed by atoms with Crippen molar-refractivity contribution in [3.05, 3.63) is 0 Å². The van der Waals surface area contributed by atoms with Crippen molar-refractivity contribution < 1.29 is 9.53 Å². The van der Waals surface area contributed by atoms with Gasteiger partial charge in [0.25, 0.3) is 0 Å². The molecule has 0 N–H and O–H groups in total. The van der Waals surface area contributed by atoms with E-state index in [1.807, 2.05) is 0 Å². The number of fused-ring (bicyclic) bond motifs is 3. The van der Waals surface area contributed by atoms with Crippen LogP contribution in [0.2, 0.25) is 0 Å². The zero-order valence-electron chi connectivity index (χ0n) is 11.2. The van der Waals surface area contributed by atoms with Crippen LogP contribution in [0.3, 0.4) is 0 Å². The molecule has 0 spiro atoms. The van der Waals surface area contributed by atoms with E-state index in [0.717, 1.165) is 5.92 Å². The Labute approximate surface area is 104 Å². The maximum Gasteiger partial charge on any atom is 0.309 e. The molecule has 0 amide bonds. The van der Waals surface area contributed by atoms with E-state index in [9.17, 15) is 4.79 Å². The molecule has 0 aromatic rings. The standard InChI is InChI=1S/C15H24O2/c1-9-5-4-7-15(3)8-6-11-10(2)14(16)17-13(11)12(9)15/h9-13H,4-8H2,1-3H3/t9-,10+,11+,12-,13+,15-/m1/s1. The Bertz CT molecular complexity index is 338. The summed E-state index contributed by atoms with van der Waals surface area (Å²) in [4.78, 5) is 11.8. The molecule has 2 heteroatoms. The molecule has 96 valence electrons. The topological polar surface area (TPSA) is 26.3 Å². The number of carbonyl (C=O) groups is 1. The van der Waals surface area contributed by atoms with E-state index in [1.165, 1.54) is 32.1 Å². The van der Waals surface area contributed by atoms with Crippen LogP contribution in [0.4, 0.5) is 0 Å². The third-order valence-corrected chi connectivity index (χ3v) is 5.92. The summed E-state index contributed by atoms with van der Waals surface area (Å²) < 4.78 is 5.74. The molecule has 0 radical (unpaired) electrons. The lowest BCUT2D eigenvalue weighted by Gasteiger charge is -2.52. The molecule has 17 heavy (non-hydrogen) atoms. The predicted molar refractivity (Wildman–Crippen MR) is 66.4 cm³/mol. The second-order valence-electron chi connectivity index (χ2n) is 6.94. The van der Waals surface area contributed by atoms with Crippen molar-refractivity contribution in [3.63, 3.8) is 0 Å². The van der Waals surface area contributed by atoms with E-state index < -0.39 is 0 Å². The summed E-state index contributed by atoms with van der Waals surface area (Å²) in [5, 5.41) is 0. The maximum absolute atomic E-state index is 11.8. The maximum atomic E-state index is 11.8. The van der Waals surface area contributed by atoms with Crippen LogP contribution in [0.1, 0.15) is 52.9 Å². The third-order valence-electron chi connectivity index (χ3n) is 5.92. The van der Waals surface area contributed by atoms with Crippen LogP contribution < -0.4 is 0 Å². The van der Waals surface area contributed by atoms with Gasteiger partial charge in [-0.15, -0.1) is 0 Å². The highest BCUT2D eigenvalue weighted by molar-refractivity contribution is 5.75.